The van der Waals surface area contributed by atoms with Crippen LogP contribution in [0.5, 0.6) is 0 Å². The molecule has 154 valence electrons. The standard InChI is InChI=1S/C20H21F2N3O4/c1-10-13-6-7-25(18(13)24-9-23-10)19-15(27)20(2,28)16(29-19)14(26)11-4-3-5-12(8-11)17(21)22/h3-9,14-17,19,26-28H,1-2H3/t14-,15+,16-,19-,20+/m1/s1. The molecule has 1 aliphatic rings. The zero-order valence-electron chi connectivity index (χ0n) is 15.8. The number of fused-ring (bicyclic) bond motifs is 1. The largest absolute Gasteiger partial charge is 0.386 e. The summed E-state index contributed by atoms with van der Waals surface area (Å²) in [6.45, 7) is 3.16. The van der Waals surface area contributed by atoms with Gasteiger partial charge < -0.3 is 24.6 Å². The second-order valence-electron chi connectivity index (χ2n) is 7.45. The number of nitrogens with zero attached hydrogens (tertiary/aromatic N) is 3. The van der Waals surface area contributed by atoms with Crippen LogP contribution in [0.4, 0.5) is 8.78 Å². The van der Waals surface area contributed by atoms with E-state index in [2.05, 4.69) is 9.97 Å². The van der Waals surface area contributed by atoms with E-state index in [9.17, 15) is 24.1 Å². The van der Waals surface area contributed by atoms with Crippen LogP contribution in [0.1, 0.15) is 42.5 Å². The van der Waals surface area contributed by atoms with E-state index in [1.165, 1.54) is 31.5 Å². The zero-order valence-corrected chi connectivity index (χ0v) is 15.8. The Morgan fingerprint density at radius 1 is 1.21 bits per heavy atom. The highest BCUT2D eigenvalue weighted by Gasteiger charge is 2.55. The number of halogens is 2. The first-order chi connectivity index (χ1) is 13.7. The SMILES string of the molecule is Cc1ncnc2c1ccn2[C@@H]1O[C@H]([C@H](O)c2cccc(C(F)F)c2)[C@@](C)(O)[C@H]1O. The average molecular weight is 405 g/mol. The Morgan fingerprint density at radius 3 is 2.66 bits per heavy atom. The lowest BCUT2D eigenvalue weighted by Gasteiger charge is -2.29. The van der Waals surface area contributed by atoms with Crippen LogP contribution in [-0.4, -0.2) is 47.7 Å². The highest BCUT2D eigenvalue weighted by atomic mass is 19.3. The van der Waals surface area contributed by atoms with Crippen LogP contribution >= 0.6 is 0 Å². The van der Waals surface area contributed by atoms with Gasteiger partial charge in [-0.05, 0) is 31.5 Å². The molecular formula is C20H21F2N3O4. The number of ether oxygens (including phenoxy) is 1. The molecule has 1 aromatic carbocycles. The third-order valence-corrected chi connectivity index (χ3v) is 5.50. The van der Waals surface area contributed by atoms with Crippen molar-refractivity contribution in [2.75, 3.05) is 0 Å². The third-order valence-electron chi connectivity index (χ3n) is 5.50. The normalized spacial score (nSPS) is 28.3. The molecule has 0 radical (unpaired) electrons. The number of hydrogen-bond donors (Lipinski definition) is 3. The van der Waals surface area contributed by atoms with Crippen molar-refractivity contribution in [3.8, 4) is 0 Å². The molecule has 0 aliphatic carbocycles. The molecule has 4 rings (SSSR count). The van der Waals surface area contributed by atoms with Gasteiger partial charge in [-0.25, -0.2) is 18.7 Å². The van der Waals surface area contributed by atoms with Gasteiger partial charge in [0.15, 0.2) is 6.23 Å². The fourth-order valence-corrected chi connectivity index (χ4v) is 3.79. The summed E-state index contributed by atoms with van der Waals surface area (Å²) in [5.74, 6) is 0. The van der Waals surface area contributed by atoms with Crippen LogP contribution in [0.25, 0.3) is 11.0 Å². The van der Waals surface area contributed by atoms with Crippen LogP contribution in [-0.2, 0) is 4.74 Å². The molecule has 0 bridgehead atoms. The van der Waals surface area contributed by atoms with E-state index in [1.807, 2.05) is 6.92 Å². The molecule has 1 fully saturated rings. The van der Waals surface area contributed by atoms with E-state index in [4.69, 9.17) is 4.74 Å². The Bertz CT molecular complexity index is 1040. The number of aromatic nitrogens is 3. The van der Waals surface area contributed by atoms with Gasteiger partial charge in [0.2, 0.25) is 0 Å². The Balaban J connectivity index is 1.69. The van der Waals surface area contributed by atoms with Crippen molar-refractivity contribution in [1.82, 2.24) is 14.5 Å². The smallest absolute Gasteiger partial charge is 0.263 e. The summed E-state index contributed by atoms with van der Waals surface area (Å²) in [5.41, 5.74) is -0.680. The van der Waals surface area contributed by atoms with Crippen LogP contribution < -0.4 is 0 Å². The molecule has 2 aromatic heterocycles. The maximum atomic E-state index is 13.0. The number of rotatable bonds is 4. The lowest BCUT2D eigenvalue weighted by atomic mass is 9.88. The summed E-state index contributed by atoms with van der Waals surface area (Å²) in [4.78, 5) is 8.34. The fourth-order valence-electron chi connectivity index (χ4n) is 3.79. The molecule has 9 heteroatoms. The topological polar surface area (TPSA) is 101 Å². The molecule has 3 N–H and O–H groups in total. The number of alkyl halides is 2. The van der Waals surface area contributed by atoms with E-state index in [-0.39, 0.29) is 11.1 Å². The molecular weight excluding hydrogens is 384 g/mol. The van der Waals surface area contributed by atoms with Crippen molar-refractivity contribution >= 4 is 11.0 Å². The maximum absolute atomic E-state index is 13.0. The molecule has 5 atom stereocenters. The van der Waals surface area contributed by atoms with E-state index >= 15 is 0 Å². The van der Waals surface area contributed by atoms with Crippen LogP contribution in [0, 0.1) is 6.92 Å². The monoisotopic (exact) mass is 405 g/mol. The molecule has 0 unspecified atom stereocenters. The van der Waals surface area contributed by atoms with E-state index < -0.39 is 36.6 Å². The molecule has 1 saturated heterocycles. The highest BCUT2D eigenvalue weighted by Crippen LogP contribution is 2.43. The van der Waals surface area contributed by atoms with Crippen molar-refractivity contribution in [3.05, 3.63) is 59.7 Å². The van der Waals surface area contributed by atoms with Crippen LogP contribution in [0.2, 0.25) is 0 Å². The molecule has 0 spiro atoms. The Hall–Kier alpha value is -2.46. The zero-order chi connectivity index (χ0) is 20.9. The van der Waals surface area contributed by atoms with Gasteiger partial charge in [-0.1, -0.05) is 18.2 Å². The van der Waals surface area contributed by atoms with E-state index in [0.717, 1.165) is 17.1 Å². The van der Waals surface area contributed by atoms with Gasteiger partial charge in [-0.2, -0.15) is 0 Å². The quantitative estimate of drug-likeness (QED) is 0.616. The molecule has 0 amide bonds. The first kappa shape index (κ1) is 19.8. The Morgan fingerprint density at radius 2 is 1.93 bits per heavy atom. The second-order valence-corrected chi connectivity index (χ2v) is 7.45. The number of aliphatic hydroxyl groups excluding tert-OH is 2. The molecule has 0 saturated carbocycles. The summed E-state index contributed by atoms with van der Waals surface area (Å²) in [5, 5.41) is 33.2. The van der Waals surface area contributed by atoms with Crippen molar-refractivity contribution in [1.29, 1.82) is 0 Å². The first-order valence-electron chi connectivity index (χ1n) is 9.12. The van der Waals surface area contributed by atoms with Gasteiger partial charge in [0.05, 0.1) is 5.69 Å². The Labute approximate surface area is 165 Å². The van der Waals surface area contributed by atoms with Crippen molar-refractivity contribution < 1.29 is 28.8 Å². The van der Waals surface area contributed by atoms with Crippen molar-refractivity contribution in [2.24, 2.45) is 0 Å². The summed E-state index contributed by atoms with van der Waals surface area (Å²) in [6.07, 6.45) is -4.77. The average Bonchev–Trinajstić information content (AvgIpc) is 3.22. The maximum Gasteiger partial charge on any atom is 0.263 e. The van der Waals surface area contributed by atoms with E-state index in [0.29, 0.717) is 5.65 Å². The molecule has 3 heterocycles. The summed E-state index contributed by atoms with van der Waals surface area (Å²) < 4.78 is 33.4. The molecule has 7 nitrogen and oxygen atoms in total. The van der Waals surface area contributed by atoms with Gasteiger partial charge in [-0.15, -0.1) is 0 Å². The minimum Gasteiger partial charge on any atom is -0.386 e. The first-order valence-corrected chi connectivity index (χ1v) is 9.12. The summed E-state index contributed by atoms with van der Waals surface area (Å²) in [7, 11) is 0. The van der Waals surface area contributed by atoms with Crippen LogP contribution in [0.3, 0.4) is 0 Å². The Kier molecular flexibility index (Phi) is 4.86. The van der Waals surface area contributed by atoms with Crippen LogP contribution in [0.15, 0.2) is 42.9 Å². The number of aliphatic hydroxyl groups is 3. The minimum atomic E-state index is -2.69. The molecule has 3 aromatic rings. The fraction of sp³-hybridized carbons (Fsp3) is 0.400. The number of hydrogen-bond acceptors (Lipinski definition) is 6. The molecule has 29 heavy (non-hydrogen) atoms. The minimum absolute atomic E-state index is 0.163. The second kappa shape index (κ2) is 7.10. The van der Waals surface area contributed by atoms with Gasteiger partial charge >= 0.3 is 0 Å². The van der Waals surface area contributed by atoms with Gasteiger partial charge in [-0.3, -0.25) is 0 Å². The number of aryl methyl sites for hydroxylation is 1. The predicted molar refractivity (Wildman–Crippen MR) is 99.2 cm³/mol. The third kappa shape index (κ3) is 3.20. The van der Waals surface area contributed by atoms with Gasteiger partial charge in [0.1, 0.15) is 35.9 Å². The number of benzene rings is 1. The predicted octanol–water partition coefficient (Wildman–Crippen LogP) is 2.42. The van der Waals surface area contributed by atoms with Crippen molar-refractivity contribution in [3.63, 3.8) is 0 Å². The highest BCUT2D eigenvalue weighted by molar-refractivity contribution is 5.78. The molecule has 1 aliphatic heterocycles. The summed E-state index contributed by atoms with van der Waals surface area (Å²) in [6, 6.07) is 7.05. The lowest BCUT2D eigenvalue weighted by molar-refractivity contribution is -0.115. The van der Waals surface area contributed by atoms with Gasteiger partial charge in [0.25, 0.3) is 6.43 Å². The lowest BCUT2D eigenvalue weighted by Crippen LogP contribution is -2.47. The van der Waals surface area contributed by atoms with E-state index in [1.54, 1.807) is 16.8 Å². The summed E-state index contributed by atoms with van der Waals surface area (Å²) >= 11 is 0. The van der Waals surface area contributed by atoms with Crippen molar-refractivity contribution in [2.45, 2.75) is 50.4 Å². The van der Waals surface area contributed by atoms with Gasteiger partial charge in [0, 0.05) is 17.1 Å².